The topological polar surface area (TPSA) is 51.2 Å². The Hall–Kier alpha value is -2.64. The molecule has 1 unspecified atom stereocenters. The molecule has 0 aliphatic carbocycles. The molecule has 0 saturated carbocycles. The van der Waals surface area contributed by atoms with E-state index in [9.17, 15) is 9.18 Å². The number of halogens is 1. The summed E-state index contributed by atoms with van der Waals surface area (Å²) in [6.07, 6.45) is 0.340. The van der Waals surface area contributed by atoms with Crippen molar-refractivity contribution in [3.05, 3.63) is 59.4 Å². The van der Waals surface area contributed by atoms with E-state index in [-0.39, 0.29) is 17.8 Å². The Bertz CT molecular complexity index is 890. The molecule has 2 aliphatic rings. The zero-order valence-corrected chi connectivity index (χ0v) is 17.9. The van der Waals surface area contributed by atoms with Crippen molar-refractivity contribution >= 4 is 5.97 Å². The molecule has 2 aliphatic heterocycles. The summed E-state index contributed by atoms with van der Waals surface area (Å²) in [5, 5.41) is 0. The van der Waals surface area contributed by atoms with Crippen molar-refractivity contribution in [2.24, 2.45) is 0 Å². The van der Waals surface area contributed by atoms with Crippen molar-refractivity contribution < 1.29 is 23.4 Å². The predicted molar refractivity (Wildman–Crippen MR) is 115 cm³/mol. The van der Waals surface area contributed by atoms with Crippen LogP contribution in [0.25, 0.3) is 0 Å². The number of fused-ring (bicyclic) bond motifs is 1. The zero-order valence-electron chi connectivity index (χ0n) is 17.9. The number of hydrogen-bond acceptors (Lipinski definition) is 6. The van der Waals surface area contributed by atoms with Crippen molar-refractivity contribution in [3.8, 4) is 11.5 Å². The maximum atomic E-state index is 13.3. The molecule has 2 heterocycles. The molecule has 1 saturated heterocycles. The van der Waals surface area contributed by atoms with Gasteiger partial charge in [0, 0.05) is 38.8 Å². The lowest BCUT2D eigenvalue weighted by molar-refractivity contribution is -0.145. The highest BCUT2D eigenvalue weighted by atomic mass is 19.1. The highest BCUT2D eigenvalue weighted by Crippen LogP contribution is 2.31. The van der Waals surface area contributed by atoms with Crippen molar-refractivity contribution in [2.45, 2.75) is 32.5 Å². The number of piperazine rings is 1. The number of carbonyl (C=O) groups is 1. The number of nitrogens with zero attached hydrogens (tertiary/aromatic N) is 2. The fourth-order valence-electron chi connectivity index (χ4n) is 4.18. The van der Waals surface area contributed by atoms with E-state index in [0.29, 0.717) is 32.8 Å². The largest absolute Gasteiger partial charge is 0.486 e. The molecule has 0 aromatic heterocycles. The van der Waals surface area contributed by atoms with Gasteiger partial charge in [0.2, 0.25) is 0 Å². The third-order valence-electron chi connectivity index (χ3n) is 5.71. The van der Waals surface area contributed by atoms with Crippen LogP contribution in [0.4, 0.5) is 4.39 Å². The fraction of sp³-hybridized carbons (Fsp3) is 0.458. The minimum Gasteiger partial charge on any atom is -0.486 e. The van der Waals surface area contributed by atoms with Crippen LogP contribution >= 0.6 is 0 Å². The van der Waals surface area contributed by atoms with Gasteiger partial charge in [0.05, 0.1) is 13.0 Å². The summed E-state index contributed by atoms with van der Waals surface area (Å²) < 4.78 is 29.8. The highest BCUT2D eigenvalue weighted by Gasteiger charge is 2.29. The van der Waals surface area contributed by atoms with Gasteiger partial charge in [-0.1, -0.05) is 18.2 Å². The summed E-state index contributed by atoms with van der Waals surface area (Å²) in [4.78, 5) is 16.9. The van der Waals surface area contributed by atoms with Crippen LogP contribution in [0.1, 0.15) is 24.5 Å². The van der Waals surface area contributed by atoms with E-state index < -0.39 is 0 Å². The van der Waals surface area contributed by atoms with Crippen molar-refractivity contribution in [1.29, 1.82) is 0 Å². The zero-order chi connectivity index (χ0) is 21.6. The van der Waals surface area contributed by atoms with E-state index in [1.165, 1.54) is 12.1 Å². The summed E-state index contributed by atoms with van der Waals surface area (Å²) in [6.45, 7) is 7.28. The first-order valence-electron chi connectivity index (χ1n) is 10.9. The Balaban J connectivity index is 1.43. The second kappa shape index (κ2) is 10.1. The van der Waals surface area contributed by atoms with Crippen LogP contribution in [-0.2, 0) is 22.6 Å². The average molecular weight is 429 g/mol. The van der Waals surface area contributed by atoms with Gasteiger partial charge in [-0.05, 0) is 42.3 Å². The minimum absolute atomic E-state index is 0.0371. The van der Waals surface area contributed by atoms with Gasteiger partial charge in [-0.2, -0.15) is 0 Å². The van der Waals surface area contributed by atoms with Gasteiger partial charge in [0.15, 0.2) is 11.5 Å². The molecule has 0 radical (unpaired) electrons. The summed E-state index contributed by atoms with van der Waals surface area (Å²) in [6, 6.07) is 12.7. The predicted octanol–water partition coefficient (Wildman–Crippen LogP) is 3.24. The van der Waals surface area contributed by atoms with Crippen LogP contribution < -0.4 is 9.47 Å². The number of carbonyl (C=O) groups excluding carboxylic acids is 1. The molecule has 7 heteroatoms. The third kappa shape index (κ3) is 5.74. The van der Waals surface area contributed by atoms with Gasteiger partial charge in [0.1, 0.15) is 19.0 Å². The smallest absolute Gasteiger partial charge is 0.307 e. The SMILES string of the molecule is CCOC(=O)CC1CN(Cc2ccc3c(c2)OCCO3)CCN1Cc1ccc(F)cc1. The molecule has 0 amide bonds. The summed E-state index contributed by atoms with van der Waals surface area (Å²) in [7, 11) is 0. The number of benzene rings is 2. The van der Waals surface area contributed by atoms with E-state index in [1.54, 1.807) is 12.1 Å². The number of rotatable bonds is 7. The molecular formula is C24H29FN2O4. The molecule has 2 aromatic carbocycles. The van der Waals surface area contributed by atoms with E-state index in [2.05, 4.69) is 15.9 Å². The lowest BCUT2D eigenvalue weighted by atomic mass is 10.1. The molecule has 0 N–H and O–H groups in total. The Labute approximate surface area is 182 Å². The number of esters is 1. The maximum Gasteiger partial charge on any atom is 0.307 e. The Kier molecular flexibility index (Phi) is 7.04. The molecule has 31 heavy (non-hydrogen) atoms. The highest BCUT2D eigenvalue weighted by molar-refractivity contribution is 5.70. The third-order valence-corrected chi connectivity index (χ3v) is 5.71. The lowest BCUT2D eigenvalue weighted by Crippen LogP contribution is -2.53. The van der Waals surface area contributed by atoms with Crippen LogP contribution in [-0.4, -0.2) is 61.3 Å². The van der Waals surface area contributed by atoms with Crippen molar-refractivity contribution in [3.63, 3.8) is 0 Å². The standard InChI is InChI=1S/C24H29FN2O4/c1-2-29-24(28)14-21-17-26(9-10-27(21)16-18-3-6-20(25)7-4-18)15-19-5-8-22-23(13-19)31-12-11-30-22/h3-8,13,21H,2,9-12,14-17H2,1H3. The molecule has 0 bridgehead atoms. The average Bonchev–Trinajstić information content (AvgIpc) is 2.77. The van der Waals surface area contributed by atoms with Crippen LogP contribution in [0.5, 0.6) is 11.5 Å². The van der Waals surface area contributed by atoms with E-state index in [4.69, 9.17) is 14.2 Å². The normalized spacial score (nSPS) is 19.2. The molecule has 1 atom stereocenters. The van der Waals surface area contributed by atoms with Crippen LogP contribution in [0, 0.1) is 5.82 Å². The number of hydrogen-bond donors (Lipinski definition) is 0. The molecule has 4 rings (SSSR count). The molecule has 6 nitrogen and oxygen atoms in total. The Morgan fingerprint density at radius 1 is 1.03 bits per heavy atom. The van der Waals surface area contributed by atoms with Crippen LogP contribution in [0.2, 0.25) is 0 Å². The van der Waals surface area contributed by atoms with Gasteiger partial charge >= 0.3 is 5.97 Å². The van der Waals surface area contributed by atoms with E-state index in [0.717, 1.165) is 48.8 Å². The van der Waals surface area contributed by atoms with Gasteiger partial charge in [-0.15, -0.1) is 0 Å². The van der Waals surface area contributed by atoms with E-state index in [1.807, 2.05) is 19.1 Å². The first-order chi connectivity index (χ1) is 15.1. The molecule has 1 fully saturated rings. The maximum absolute atomic E-state index is 13.3. The minimum atomic E-state index is -0.240. The van der Waals surface area contributed by atoms with Crippen molar-refractivity contribution in [1.82, 2.24) is 9.80 Å². The Morgan fingerprint density at radius 2 is 1.77 bits per heavy atom. The second-order valence-corrected chi connectivity index (χ2v) is 7.97. The Morgan fingerprint density at radius 3 is 2.55 bits per heavy atom. The molecular weight excluding hydrogens is 399 g/mol. The first-order valence-corrected chi connectivity index (χ1v) is 10.9. The molecule has 166 valence electrons. The van der Waals surface area contributed by atoms with Gasteiger partial charge < -0.3 is 14.2 Å². The lowest BCUT2D eigenvalue weighted by Gasteiger charge is -2.41. The summed E-state index contributed by atoms with van der Waals surface area (Å²) >= 11 is 0. The van der Waals surface area contributed by atoms with Crippen LogP contribution in [0.15, 0.2) is 42.5 Å². The second-order valence-electron chi connectivity index (χ2n) is 7.97. The molecule has 0 spiro atoms. The van der Waals surface area contributed by atoms with Gasteiger partial charge in [0.25, 0.3) is 0 Å². The molecule has 2 aromatic rings. The summed E-state index contributed by atoms with van der Waals surface area (Å²) in [5.41, 5.74) is 2.20. The van der Waals surface area contributed by atoms with Gasteiger partial charge in [-0.3, -0.25) is 14.6 Å². The van der Waals surface area contributed by atoms with Crippen molar-refractivity contribution in [2.75, 3.05) is 39.5 Å². The fourth-order valence-corrected chi connectivity index (χ4v) is 4.18. The van der Waals surface area contributed by atoms with E-state index >= 15 is 0 Å². The van der Waals surface area contributed by atoms with Gasteiger partial charge in [-0.25, -0.2) is 4.39 Å². The first kappa shape index (κ1) is 21.6. The van der Waals surface area contributed by atoms with Crippen LogP contribution in [0.3, 0.4) is 0 Å². The quantitative estimate of drug-likeness (QED) is 0.631. The summed E-state index contributed by atoms with van der Waals surface area (Å²) in [5.74, 6) is 1.16. The number of ether oxygens (including phenoxy) is 3. The monoisotopic (exact) mass is 428 g/mol.